The standard InChI is InChI=1S/C13H11F3O4/c1-7(17)10-6-11(18)19-12(10)8-2-4-9(5-3-8)20-13(14,15)16/h2-5,10,12H,6H2,1H3/t10-,12?/m1/s1. The first kappa shape index (κ1) is 14.4. The molecule has 0 aliphatic carbocycles. The zero-order chi connectivity index (χ0) is 14.9. The number of Topliss-reactive ketones (excluding diaryl/α,β-unsaturated/α-hetero) is 1. The summed E-state index contributed by atoms with van der Waals surface area (Å²) in [4.78, 5) is 22.7. The van der Waals surface area contributed by atoms with Gasteiger partial charge in [-0.1, -0.05) is 12.1 Å². The van der Waals surface area contributed by atoms with Crippen molar-refractivity contribution in [2.45, 2.75) is 25.8 Å². The second-order valence-corrected chi connectivity index (χ2v) is 4.45. The van der Waals surface area contributed by atoms with Crippen molar-refractivity contribution in [2.75, 3.05) is 0 Å². The van der Waals surface area contributed by atoms with E-state index in [0.29, 0.717) is 5.56 Å². The van der Waals surface area contributed by atoms with Crippen LogP contribution in [0.4, 0.5) is 13.2 Å². The van der Waals surface area contributed by atoms with Crippen molar-refractivity contribution >= 4 is 11.8 Å². The fourth-order valence-corrected chi connectivity index (χ4v) is 2.07. The van der Waals surface area contributed by atoms with Gasteiger partial charge in [0.1, 0.15) is 17.6 Å². The van der Waals surface area contributed by atoms with E-state index in [9.17, 15) is 22.8 Å². The van der Waals surface area contributed by atoms with Gasteiger partial charge < -0.3 is 9.47 Å². The van der Waals surface area contributed by atoms with Crippen molar-refractivity contribution < 1.29 is 32.2 Å². The molecule has 0 bridgehead atoms. The second kappa shape index (κ2) is 5.15. The lowest BCUT2D eigenvalue weighted by atomic mass is 9.92. The maximum atomic E-state index is 12.0. The van der Waals surface area contributed by atoms with Gasteiger partial charge in [-0.05, 0) is 24.6 Å². The number of hydrogen-bond donors (Lipinski definition) is 0. The molecule has 4 nitrogen and oxygen atoms in total. The molecule has 0 aromatic heterocycles. The number of cyclic esters (lactones) is 1. The van der Waals surface area contributed by atoms with Gasteiger partial charge >= 0.3 is 12.3 Å². The van der Waals surface area contributed by atoms with Crippen LogP contribution in [-0.4, -0.2) is 18.1 Å². The molecule has 0 radical (unpaired) electrons. The van der Waals surface area contributed by atoms with Gasteiger partial charge in [-0.15, -0.1) is 13.2 Å². The highest BCUT2D eigenvalue weighted by Crippen LogP contribution is 2.36. The molecule has 20 heavy (non-hydrogen) atoms. The molecule has 1 heterocycles. The predicted molar refractivity (Wildman–Crippen MR) is 60.7 cm³/mol. The van der Waals surface area contributed by atoms with Crippen LogP contribution >= 0.6 is 0 Å². The van der Waals surface area contributed by atoms with Gasteiger partial charge in [-0.2, -0.15) is 0 Å². The van der Waals surface area contributed by atoms with Gasteiger partial charge in [0.05, 0.1) is 12.3 Å². The highest BCUT2D eigenvalue weighted by molar-refractivity contribution is 5.86. The van der Waals surface area contributed by atoms with Crippen LogP contribution in [0, 0.1) is 5.92 Å². The smallest absolute Gasteiger partial charge is 0.457 e. The molecule has 2 atom stereocenters. The summed E-state index contributed by atoms with van der Waals surface area (Å²) in [6, 6.07) is 4.93. The monoisotopic (exact) mass is 288 g/mol. The van der Waals surface area contributed by atoms with E-state index in [0.717, 1.165) is 12.1 Å². The summed E-state index contributed by atoms with van der Waals surface area (Å²) >= 11 is 0. The number of carbonyl (C=O) groups excluding carboxylic acids is 2. The number of carbonyl (C=O) groups is 2. The molecular weight excluding hydrogens is 277 g/mol. The van der Waals surface area contributed by atoms with Gasteiger partial charge in [-0.25, -0.2) is 0 Å². The second-order valence-electron chi connectivity index (χ2n) is 4.45. The lowest BCUT2D eigenvalue weighted by Gasteiger charge is -2.16. The number of ketones is 1. The molecule has 108 valence electrons. The first-order valence-electron chi connectivity index (χ1n) is 5.82. The third-order valence-electron chi connectivity index (χ3n) is 2.97. The quantitative estimate of drug-likeness (QED) is 0.802. The molecule has 0 amide bonds. The summed E-state index contributed by atoms with van der Waals surface area (Å²) in [6.45, 7) is 1.35. The summed E-state index contributed by atoms with van der Waals surface area (Å²) in [7, 11) is 0. The van der Waals surface area contributed by atoms with E-state index in [4.69, 9.17) is 4.74 Å². The lowest BCUT2D eigenvalue weighted by Crippen LogP contribution is -2.17. The van der Waals surface area contributed by atoms with Crippen molar-refractivity contribution in [1.29, 1.82) is 0 Å². The van der Waals surface area contributed by atoms with Gasteiger partial charge in [0.25, 0.3) is 0 Å². The number of rotatable bonds is 3. The van der Waals surface area contributed by atoms with E-state index in [1.54, 1.807) is 0 Å². The normalized spacial score (nSPS) is 22.5. The van der Waals surface area contributed by atoms with E-state index >= 15 is 0 Å². The van der Waals surface area contributed by atoms with Crippen LogP contribution in [0.15, 0.2) is 24.3 Å². The van der Waals surface area contributed by atoms with E-state index in [1.165, 1.54) is 19.1 Å². The fourth-order valence-electron chi connectivity index (χ4n) is 2.07. The van der Waals surface area contributed by atoms with Crippen LogP contribution < -0.4 is 4.74 Å². The van der Waals surface area contributed by atoms with Crippen molar-refractivity contribution in [1.82, 2.24) is 0 Å². The molecule has 0 saturated carbocycles. The molecule has 1 saturated heterocycles. The van der Waals surface area contributed by atoms with Crippen LogP contribution in [0.5, 0.6) is 5.75 Å². The molecule has 1 aliphatic rings. The average Bonchev–Trinajstić information content (AvgIpc) is 2.70. The first-order valence-corrected chi connectivity index (χ1v) is 5.82. The largest absolute Gasteiger partial charge is 0.573 e. The van der Waals surface area contributed by atoms with Gasteiger partial charge in [0.2, 0.25) is 0 Å². The average molecular weight is 288 g/mol. The molecule has 1 aliphatic heterocycles. The fraction of sp³-hybridized carbons (Fsp3) is 0.385. The Balaban J connectivity index is 2.17. The Bertz CT molecular complexity index is 521. The van der Waals surface area contributed by atoms with Gasteiger partial charge in [-0.3, -0.25) is 9.59 Å². The third-order valence-corrected chi connectivity index (χ3v) is 2.97. The number of ether oxygens (including phenoxy) is 2. The Kier molecular flexibility index (Phi) is 3.69. The molecule has 0 spiro atoms. The number of benzene rings is 1. The minimum atomic E-state index is -4.76. The summed E-state index contributed by atoms with van der Waals surface area (Å²) in [5.41, 5.74) is 0.463. The summed E-state index contributed by atoms with van der Waals surface area (Å²) < 4.78 is 44.9. The van der Waals surface area contributed by atoms with Crippen LogP contribution in [0.2, 0.25) is 0 Å². The lowest BCUT2D eigenvalue weighted by molar-refractivity contribution is -0.274. The minimum absolute atomic E-state index is 0.0131. The molecule has 1 aromatic rings. The third kappa shape index (κ3) is 3.28. The van der Waals surface area contributed by atoms with Crippen molar-refractivity contribution in [3.05, 3.63) is 29.8 Å². The summed E-state index contributed by atoms with van der Waals surface area (Å²) in [6.07, 6.45) is -5.52. The Labute approximate surface area is 112 Å². The highest BCUT2D eigenvalue weighted by atomic mass is 19.4. The Morgan fingerprint density at radius 3 is 2.40 bits per heavy atom. The SMILES string of the molecule is CC(=O)[C@H]1CC(=O)OC1c1ccc(OC(F)(F)F)cc1. The van der Waals surface area contributed by atoms with E-state index in [1.807, 2.05) is 0 Å². The first-order chi connectivity index (χ1) is 9.26. The summed E-state index contributed by atoms with van der Waals surface area (Å²) in [5.74, 6) is -1.66. The Morgan fingerprint density at radius 1 is 1.30 bits per heavy atom. The van der Waals surface area contributed by atoms with Crippen LogP contribution in [-0.2, 0) is 14.3 Å². The zero-order valence-electron chi connectivity index (χ0n) is 10.4. The van der Waals surface area contributed by atoms with Gasteiger partial charge in [0.15, 0.2) is 0 Å². The molecule has 0 N–H and O–H groups in total. The molecule has 2 rings (SSSR count). The minimum Gasteiger partial charge on any atom is -0.457 e. The Hall–Kier alpha value is -2.05. The van der Waals surface area contributed by atoms with Crippen molar-refractivity contribution in [3.63, 3.8) is 0 Å². The molecule has 1 fully saturated rings. The van der Waals surface area contributed by atoms with Crippen LogP contribution in [0.1, 0.15) is 25.0 Å². The predicted octanol–water partition coefficient (Wildman–Crippen LogP) is 2.78. The van der Waals surface area contributed by atoms with Crippen molar-refractivity contribution in [3.8, 4) is 5.75 Å². The highest BCUT2D eigenvalue weighted by Gasteiger charge is 2.39. The van der Waals surface area contributed by atoms with E-state index in [2.05, 4.69) is 4.74 Å². The Morgan fingerprint density at radius 2 is 1.90 bits per heavy atom. The van der Waals surface area contributed by atoms with Crippen LogP contribution in [0.25, 0.3) is 0 Å². The number of halogens is 3. The number of esters is 1. The number of alkyl halides is 3. The maximum Gasteiger partial charge on any atom is 0.573 e. The number of hydrogen-bond acceptors (Lipinski definition) is 4. The molecule has 1 aromatic carbocycles. The molecular formula is C13H11F3O4. The van der Waals surface area contributed by atoms with E-state index < -0.39 is 24.4 Å². The maximum absolute atomic E-state index is 12.0. The van der Waals surface area contributed by atoms with Gasteiger partial charge in [0, 0.05) is 0 Å². The zero-order valence-corrected chi connectivity index (χ0v) is 10.4. The molecule has 7 heteroatoms. The van der Waals surface area contributed by atoms with Crippen molar-refractivity contribution in [2.24, 2.45) is 5.92 Å². The topological polar surface area (TPSA) is 52.6 Å². The van der Waals surface area contributed by atoms with Crippen LogP contribution in [0.3, 0.4) is 0 Å². The van der Waals surface area contributed by atoms with E-state index in [-0.39, 0.29) is 18.0 Å². The molecule has 1 unspecified atom stereocenters. The summed E-state index contributed by atoms with van der Waals surface area (Å²) in [5, 5.41) is 0.